The smallest absolute Gasteiger partial charge is 0.309 e. The molecule has 0 aliphatic carbocycles. The summed E-state index contributed by atoms with van der Waals surface area (Å²) >= 11 is 0. The molecule has 1 heterocycles. The van der Waals surface area contributed by atoms with E-state index >= 15 is 0 Å². The molecule has 2 rings (SSSR count). The van der Waals surface area contributed by atoms with Crippen LogP contribution in [-0.2, 0) is 19.4 Å². The van der Waals surface area contributed by atoms with Crippen LogP contribution in [0.15, 0.2) is 52.0 Å². The lowest BCUT2D eigenvalue weighted by Crippen LogP contribution is -3.05. The van der Waals surface area contributed by atoms with Crippen LogP contribution in [0.4, 0.5) is 0 Å². The molecule has 2 aromatic rings. The Morgan fingerprint density at radius 1 is 1.07 bits per heavy atom. The molecule has 2 amide bonds. The van der Waals surface area contributed by atoms with Gasteiger partial charge in [0.2, 0.25) is 0 Å². The summed E-state index contributed by atoms with van der Waals surface area (Å²) in [6.45, 7) is 2.81. The van der Waals surface area contributed by atoms with Crippen molar-refractivity contribution in [1.29, 1.82) is 0 Å². The van der Waals surface area contributed by atoms with E-state index in [1.54, 1.807) is 18.2 Å². The summed E-state index contributed by atoms with van der Waals surface area (Å²) < 4.78 is 31.5. The summed E-state index contributed by atoms with van der Waals surface area (Å²) in [6.07, 6.45) is 2.10. The van der Waals surface area contributed by atoms with Gasteiger partial charge in [0.1, 0.15) is 11.0 Å². The Labute approximate surface area is 171 Å². The average Bonchev–Trinajstić information content (AvgIpc) is 3.19. The van der Waals surface area contributed by atoms with Gasteiger partial charge in [-0.1, -0.05) is 17.7 Å². The average molecular weight is 423 g/mol. The van der Waals surface area contributed by atoms with E-state index in [1.807, 2.05) is 21.0 Å². The number of carbonyl (C=O) groups is 2. The number of nitrogens with one attached hydrogen (secondary N) is 3. The van der Waals surface area contributed by atoms with E-state index in [0.717, 1.165) is 18.5 Å². The van der Waals surface area contributed by atoms with E-state index < -0.39 is 26.9 Å². The largest absolute Gasteiger partial charge is 0.468 e. The van der Waals surface area contributed by atoms with E-state index in [4.69, 9.17) is 4.42 Å². The molecule has 29 heavy (non-hydrogen) atoms. The first kappa shape index (κ1) is 22.6. The first-order valence-electron chi connectivity index (χ1n) is 9.41. The number of benzene rings is 1. The molecule has 0 spiro atoms. The molecule has 158 valence electrons. The second kappa shape index (κ2) is 10.2. The quantitative estimate of drug-likeness (QED) is 0.385. The number of amides is 2. The SMILES string of the molecule is Cc1ccc(S(=O)(=O)[C@H](CNC(=O)C(=O)NCCC[NH+](C)C)c2ccco2)cc1. The van der Waals surface area contributed by atoms with Crippen molar-refractivity contribution in [2.75, 3.05) is 33.7 Å². The molecule has 1 atom stereocenters. The fourth-order valence-electron chi connectivity index (χ4n) is 2.72. The van der Waals surface area contributed by atoms with Crippen molar-refractivity contribution < 1.29 is 27.3 Å². The lowest BCUT2D eigenvalue weighted by atomic mass is 10.2. The first-order chi connectivity index (χ1) is 13.7. The number of carbonyl (C=O) groups excluding carboxylic acids is 2. The third-order valence-electron chi connectivity index (χ3n) is 4.38. The third kappa shape index (κ3) is 6.43. The second-order valence-corrected chi connectivity index (χ2v) is 9.27. The number of quaternary nitrogens is 1. The molecule has 0 unspecified atom stereocenters. The Morgan fingerprint density at radius 3 is 2.31 bits per heavy atom. The van der Waals surface area contributed by atoms with E-state index in [0.29, 0.717) is 6.54 Å². The Hall–Kier alpha value is -2.65. The molecular weight excluding hydrogens is 394 g/mol. The van der Waals surface area contributed by atoms with Gasteiger partial charge in [0.25, 0.3) is 0 Å². The van der Waals surface area contributed by atoms with Crippen LogP contribution in [-0.4, -0.2) is 54.0 Å². The topological polar surface area (TPSA) is 110 Å². The summed E-state index contributed by atoms with van der Waals surface area (Å²) in [5.41, 5.74) is 0.930. The van der Waals surface area contributed by atoms with Crippen LogP contribution in [0.3, 0.4) is 0 Å². The van der Waals surface area contributed by atoms with Crippen molar-refractivity contribution >= 4 is 21.7 Å². The van der Waals surface area contributed by atoms with Crippen molar-refractivity contribution in [2.24, 2.45) is 0 Å². The van der Waals surface area contributed by atoms with Crippen LogP contribution in [0.25, 0.3) is 0 Å². The Kier molecular flexibility index (Phi) is 7.98. The highest BCUT2D eigenvalue weighted by Crippen LogP contribution is 2.29. The maximum absolute atomic E-state index is 13.1. The lowest BCUT2D eigenvalue weighted by molar-refractivity contribution is -0.858. The minimum absolute atomic E-state index is 0.120. The predicted molar refractivity (Wildman–Crippen MR) is 108 cm³/mol. The van der Waals surface area contributed by atoms with Gasteiger partial charge in [-0.2, -0.15) is 0 Å². The molecule has 0 aliphatic rings. The fraction of sp³-hybridized carbons (Fsp3) is 0.400. The molecule has 0 saturated heterocycles. The van der Waals surface area contributed by atoms with Gasteiger partial charge in [-0.25, -0.2) is 8.42 Å². The van der Waals surface area contributed by atoms with Crippen LogP contribution >= 0.6 is 0 Å². The Bertz CT molecular complexity index is 906. The van der Waals surface area contributed by atoms with Crippen LogP contribution in [0.5, 0.6) is 0 Å². The second-order valence-electron chi connectivity index (χ2n) is 7.14. The molecule has 9 heteroatoms. The summed E-state index contributed by atoms with van der Waals surface area (Å²) in [5, 5.41) is 3.80. The molecule has 0 radical (unpaired) electrons. The maximum atomic E-state index is 13.1. The minimum atomic E-state index is -3.84. The maximum Gasteiger partial charge on any atom is 0.309 e. The summed E-state index contributed by atoms with van der Waals surface area (Å²) in [5.74, 6) is -1.47. The van der Waals surface area contributed by atoms with Gasteiger partial charge in [0.05, 0.1) is 31.8 Å². The molecule has 1 aromatic carbocycles. The molecule has 0 bridgehead atoms. The molecule has 0 aliphatic heterocycles. The Balaban J connectivity index is 2.05. The molecule has 1 aromatic heterocycles. The number of aryl methyl sites for hydroxylation is 1. The van der Waals surface area contributed by atoms with Crippen LogP contribution in [0, 0.1) is 6.92 Å². The first-order valence-corrected chi connectivity index (χ1v) is 11.0. The highest BCUT2D eigenvalue weighted by Gasteiger charge is 2.32. The van der Waals surface area contributed by atoms with Crippen LogP contribution in [0.1, 0.15) is 23.0 Å². The molecule has 3 N–H and O–H groups in total. The van der Waals surface area contributed by atoms with Crippen molar-refractivity contribution in [1.82, 2.24) is 10.6 Å². The van der Waals surface area contributed by atoms with Gasteiger partial charge < -0.3 is 20.0 Å². The van der Waals surface area contributed by atoms with E-state index in [-0.39, 0.29) is 17.2 Å². The normalized spacial score (nSPS) is 12.6. The molecule has 0 fully saturated rings. The number of rotatable bonds is 9. The van der Waals surface area contributed by atoms with Gasteiger partial charge in [-0.3, -0.25) is 9.59 Å². The van der Waals surface area contributed by atoms with Crippen molar-refractivity contribution in [3.05, 3.63) is 54.0 Å². The predicted octanol–water partition coefficient (Wildman–Crippen LogP) is -0.130. The number of hydrogen-bond acceptors (Lipinski definition) is 5. The van der Waals surface area contributed by atoms with Gasteiger partial charge in [0.15, 0.2) is 9.84 Å². The van der Waals surface area contributed by atoms with E-state index in [1.165, 1.54) is 29.4 Å². The number of furan rings is 1. The van der Waals surface area contributed by atoms with Gasteiger partial charge in [0, 0.05) is 19.5 Å². The highest BCUT2D eigenvalue weighted by atomic mass is 32.2. The third-order valence-corrected chi connectivity index (χ3v) is 6.46. The molecule has 8 nitrogen and oxygen atoms in total. The fourth-order valence-corrected chi connectivity index (χ4v) is 4.31. The monoisotopic (exact) mass is 422 g/mol. The van der Waals surface area contributed by atoms with Crippen molar-refractivity contribution in [3.63, 3.8) is 0 Å². The van der Waals surface area contributed by atoms with Gasteiger partial charge >= 0.3 is 11.8 Å². The summed E-state index contributed by atoms with van der Waals surface area (Å²) in [7, 11) is 0.160. The van der Waals surface area contributed by atoms with Crippen molar-refractivity contribution in [3.8, 4) is 0 Å². The number of sulfone groups is 1. The minimum Gasteiger partial charge on any atom is -0.468 e. The zero-order valence-electron chi connectivity index (χ0n) is 16.9. The zero-order chi connectivity index (χ0) is 21.4. The standard InChI is InChI=1S/C20H27N3O5S/c1-15-7-9-16(10-8-15)29(26,27)18(17-6-4-13-28-17)14-22-20(25)19(24)21-11-5-12-23(2)3/h4,6-10,13,18H,5,11-12,14H2,1-3H3,(H,21,24)(H,22,25)/p+1/t18-/m1/s1. The highest BCUT2D eigenvalue weighted by molar-refractivity contribution is 7.91. The summed E-state index contributed by atoms with van der Waals surface area (Å²) in [4.78, 5) is 25.4. The van der Waals surface area contributed by atoms with Gasteiger partial charge in [-0.15, -0.1) is 0 Å². The molecular formula is C20H28N3O5S+. The molecule has 0 saturated carbocycles. The van der Waals surface area contributed by atoms with Crippen molar-refractivity contribution in [2.45, 2.75) is 23.5 Å². The summed E-state index contributed by atoms with van der Waals surface area (Å²) in [6, 6.07) is 9.55. The van der Waals surface area contributed by atoms with Gasteiger partial charge in [-0.05, 0) is 31.2 Å². The van der Waals surface area contributed by atoms with Crippen LogP contribution < -0.4 is 15.5 Å². The van der Waals surface area contributed by atoms with E-state index in [9.17, 15) is 18.0 Å². The van der Waals surface area contributed by atoms with Crippen LogP contribution in [0.2, 0.25) is 0 Å². The lowest BCUT2D eigenvalue weighted by Gasteiger charge is -2.17. The number of hydrogen-bond donors (Lipinski definition) is 3. The Morgan fingerprint density at radius 2 is 1.72 bits per heavy atom. The zero-order valence-corrected chi connectivity index (χ0v) is 17.7. The van der Waals surface area contributed by atoms with E-state index in [2.05, 4.69) is 10.6 Å².